The van der Waals surface area contributed by atoms with E-state index in [2.05, 4.69) is 24.1 Å². The summed E-state index contributed by atoms with van der Waals surface area (Å²) in [5.41, 5.74) is 0.551. The highest BCUT2D eigenvalue weighted by Gasteiger charge is 2.31. The normalized spacial score (nSPS) is 17.2. The lowest BCUT2D eigenvalue weighted by molar-refractivity contribution is 0.0479. The van der Waals surface area contributed by atoms with Gasteiger partial charge in [0.25, 0.3) is 0 Å². The maximum absolute atomic E-state index is 13.4. The van der Waals surface area contributed by atoms with Crippen molar-refractivity contribution in [2.45, 2.75) is 65.0 Å². The van der Waals surface area contributed by atoms with Crippen LogP contribution in [0.15, 0.2) is 24.3 Å². The van der Waals surface area contributed by atoms with E-state index in [9.17, 15) is 9.18 Å². The number of halogens is 1. The molecule has 0 bridgehead atoms. The first-order valence-electron chi connectivity index (χ1n) is 9.51. The minimum Gasteiger partial charge on any atom is -0.444 e. The summed E-state index contributed by atoms with van der Waals surface area (Å²) in [6, 6.07) is 6.87. The lowest BCUT2D eigenvalue weighted by Gasteiger charge is -2.43. The Morgan fingerprint density at radius 2 is 1.88 bits per heavy atom. The van der Waals surface area contributed by atoms with Crippen molar-refractivity contribution in [3.05, 3.63) is 35.6 Å². The van der Waals surface area contributed by atoms with Gasteiger partial charge in [-0.15, -0.1) is 0 Å². The largest absolute Gasteiger partial charge is 0.444 e. The molecule has 0 aliphatic carbocycles. The summed E-state index contributed by atoms with van der Waals surface area (Å²) in [7, 11) is 0. The smallest absolute Gasteiger partial charge is 0.407 e. The van der Waals surface area contributed by atoms with Gasteiger partial charge in [-0.1, -0.05) is 12.1 Å². The minimum atomic E-state index is -0.464. The summed E-state index contributed by atoms with van der Waals surface area (Å²) < 4.78 is 18.7. The van der Waals surface area contributed by atoms with Crippen LogP contribution in [0.2, 0.25) is 0 Å². The molecule has 1 fully saturated rings. The van der Waals surface area contributed by atoms with E-state index in [0.717, 1.165) is 37.9 Å². The second kappa shape index (κ2) is 8.38. The van der Waals surface area contributed by atoms with Gasteiger partial charge in [-0.3, -0.25) is 4.90 Å². The molecule has 1 N–H and O–H groups in total. The van der Waals surface area contributed by atoms with E-state index in [4.69, 9.17) is 4.74 Å². The van der Waals surface area contributed by atoms with Gasteiger partial charge >= 0.3 is 6.09 Å². The zero-order valence-corrected chi connectivity index (χ0v) is 16.8. The topological polar surface area (TPSA) is 41.6 Å². The standard InChI is InChI=1S/C21H33FN2O2/c1-20(2,3)26-19(25)23-15-16-9-11-24(12-10-16)21(4,5)14-17-7-6-8-18(22)13-17/h6-8,13,16H,9-12,14-15H2,1-5H3,(H,23,25). The molecule has 0 spiro atoms. The summed E-state index contributed by atoms with van der Waals surface area (Å²) >= 11 is 0. The number of piperidine rings is 1. The lowest BCUT2D eigenvalue weighted by Crippen LogP contribution is -2.50. The molecule has 2 rings (SSSR count). The molecule has 1 saturated heterocycles. The fraction of sp³-hybridized carbons (Fsp3) is 0.667. The Labute approximate surface area is 157 Å². The lowest BCUT2D eigenvalue weighted by atomic mass is 9.88. The number of hydrogen-bond acceptors (Lipinski definition) is 3. The Bertz CT molecular complexity index is 602. The fourth-order valence-corrected chi connectivity index (χ4v) is 3.54. The van der Waals surface area contributed by atoms with Crippen molar-refractivity contribution >= 4 is 6.09 Å². The van der Waals surface area contributed by atoms with Gasteiger partial charge in [-0.25, -0.2) is 9.18 Å². The Morgan fingerprint density at radius 1 is 1.23 bits per heavy atom. The molecule has 26 heavy (non-hydrogen) atoms. The fourth-order valence-electron chi connectivity index (χ4n) is 3.54. The quantitative estimate of drug-likeness (QED) is 0.843. The minimum absolute atomic E-state index is 0.0165. The molecule has 0 atom stereocenters. The number of alkyl carbamates (subject to hydrolysis) is 1. The first-order valence-corrected chi connectivity index (χ1v) is 9.51. The molecule has 4 nitrogen and oxygen atoms in total. The van der Waals surface area contributed by atoms with Gasteiger partial charge in [0.05, 0.1) is 0 Å². The van der Waals surface area contributed by atoms with Crippen molar-refractivity contribution in [3.8, 4) is 0 Å². The molecule has 1 aromatic rings. The number of benzene rings is 1. The SMILES string of the molecule is CC(C)(C)OC(=O)NCC1CCN(C(C)(C)Cc2cccc(F)c2)CC1. The molecular weight excluding hydrogens is 331 g/mol. The summed E-state index contributed by atoms with van der Waals surface area (Å²) in [5, 5.41) is 2.89. The van der Waals surface area contributed by atoms with Gasteiger partial charge in [0, 0.05) is 12.1 Å². The van der Waals surface area contributed by atoms with Crippen LogP contribution >= 0.6 is 0 Å². The molecule has 1 aliphatic heterocycles. The Balaban J connectivity index is 1.79. The molecule has 0 radical (unpaired) electrons. The van der Waals surface area contributed by atoms with Gasteiger partial charge in [0.1, 0.15) is 11.4 Å². The third-order valence-corrected chi connectivity index (χ3v) is 4.93. The molecule has 1 heterocycles. The van der Waals surface area contributed by atoms with Crippen LogP contribution in [0.25, 0.3) is 0 Å². The number of carbonyl (C=O) groups is 1. The Morgan fingerprint density at radius 3 is 2.46 bits per heavy atom. The Kier molecular flexibility index (Phi) is 6.67. The average molecular weight is 365 g/mol. The number of ether oxygens (including phenoxy) is 1. The van der Waals surface area contributed by atoms with Crippen LogP contribution in [0.3, 0.4) is 0 Å². The molecule has 146 valence electrons. The number of hydrogen-bond donors (Lipinski definition) is 1. The van der Waals surface area contributed by atoms with Crippen LogP contribution in [0.1, 0.15) is 53.0 Å². The van der Waals surface area contributed by atoms with Crippen molar-refractivity contribution in [2.75, 3.05) is 19.6 Å². The van der Waals surface area contributed by atoms with E-state index in [1.807, 2.05) is 26.8 Å². The van der Waals surface area contributed by atoms with Crippen molar-refractivity contribution in [2.24, 2.45) is 5.92 Å². The van der Waals surface area contributed by atoms with Crippen LogP contribution in [0, 0.1) is 11.7 Å². The van der Waals surface area contributed by atoms with Crippen LogP contribution in [-0.2, 0) is 11.2 Å². The number of rotatable bonds is 5. The molecule has 0 saturated carbocycles. The van der Waals surface area contributed by atoms with E-state index in [1.165, 1.54) is 6.07 Å². The molecule has 1 aliphatic rings. The van der Waals surface area contributed by atoms with E-state index >= 15 is 0 Å². The average Bonchev–Trinajstić information content (AvgIpc) is 2.51. The zero-order valence-electron chi connectivity index (χ0n) is 16.8. The van der Waals surface area contributed by atoms with E-state index in [-0.39, 0.29) is 17.4 Å². The molecule has 1 amide bonds. The van der Waals surface area contributed by atoms with Gasteiger partial charge < -0.3 is 10.1 Å². The van der Waals surface area contributed by atoms with Crippen molar-refractivity contribution in [1.29, 1.82) is 0 Å². The molecule has 1 aromatic carbocycles. The summed E-state index contributed by atoms with van der Waals surface area (Å²) in [6.07, 6.45) is 2.57. The van der Waals surface area contributed by atoms with Crippen molar-refractivity contribution in [1.82, 2.24) is 10.2 Å². The molecule has 5 heteroatoms. The molecule has 0 aromatic heterocycles. The van der Waals surface area contributed by atoms with Gasteiger partial charge in [-0.05, 0) is 90.6 Å². The monoisotopic (exact) mass is 364 g/mol. The number of likely N-dealkylation sites (tertiary alicyclic amines) is 1. The van der Waals surface area contributed by atoms with Crippen molar-refractivity contribution in [3.63, 3.8) is 0 Å². The highest BCUT2D eigenvalue weighted by molar-refractivity contribution is 5.67. The molecule has 0 unspecified atom stereocenters. The first kappa shape index (κ1) is 20.7. The highest BCUT2D eigenvalue weighted by Crippen LogP contribution is 2.27. The summed E-state index contributed by atoms with van der Waals surface area (Å²) in [6.45, 7) is 12.7. The predicted molar refractivity (Wildman–Crippen MR) is 103 cm³/mol. The van der Waals surface area contributed by atoms with E-state index in [0.29, 0.717) is 12.5 Å². The third kappa shape index (κ3) is 6.60. The second-order valence-electron chi connectivity index (χ2n) is 8.93. The van der Waals surface area contributed by atoms with Crippen LogP contribution in [-0.4, -0.2) is 41.8 Å². The number of nitrogens with zero attached hydrogens (tertiary/aromatic N) is 1. The number of nitrogens with one attached hydrogen (secondary N) is 1. The zero-order chi connectivity index (χ0) is 19.4. The highest BCUT2D eigenvalue weighted by atomic mass is 19.1. The van der Waals surface area contributed by atoms with Gasteiger partial charge in [0.15, 0.2) is 0 Å². The maximum Gasteiger partial charge on any atom is 0.407 e. The van der Waals surface area contributed by atoms with Crippen molar-refractivity contribution < 1.29 is 13.9 Å². The second-order valence-corrected chi connectivity index (χ2v) is 8.93. The van der Waals surface area contributed by atoms with E-state index in [1.54, 1.807) is 12.1 Å². The van der Waals surface area contributed by atoms with Crippen LogP contribution < -0.4 is 5.32 Å². The maximum atomic E-state index is 13.4. The van der Waals surface area contributed by atoms with Gasteiger partial charge in [0.2, 0.25) is 0 Å². The summed E-state index contributed by atoms with van der Waals surface area (Å²) in [5.74, 6) is 0.300. The third-order valence-electron chi connectivity index (χ3n) is 4.93. The summed E-state index contributed by atoms with van der Waals surface area (Å²) in [4.78, 5) is 14.3. The predicted octanol–water partition coefficient (Wildman–Crippen LogP) is 4.38. The molecular formula is C21H33FN2O2. The number of amides is 1. The first-order chi connectivity index (χ1) is 12.0. The number of carbonyl (C=O) groups excluding carboxylic acids is 1. The van der Waals surface area contributed by atoms with Gasteiger partial charge in [-0.2, -0.15) is 0 Å². The van der Waals surface area contributed by atoms with E-state index < -0.39 is 5.60 Å². The van der Waals surface area contributed by atoms with Crippen LogP contribution in [0.4, 0.5) is 9.18 Å². The Hall–Kier alpha value is -1.62. The van der Waals surface area contributed by atoms with Crippen LogP contribution in [0.5, 0.6) is 0 Å².